The molecule has 0 saturated carbocycles. The Bertz CT molecular complexity index is 687. The van der Waals surface area contributed by atoms with Crippen LogP contribution in [0, 0.1) is 0 Å². The SMILES string of the molecule is CCN(Cc1ccccc1)c1cc(C(=O)NCC2CCCO2)ncn1. The number of amides is 1. The summed E-state index contributed by atoms with van der Waals surface area (Å²) in [5.74, 6) is 0.568. The molecule has 1 fully saturated rings. The predicted octanol–water partition coefficient (Wildman–Crippen LogP) is 2.41. The van der Waals surface area contributed by atoms with Gasteiger partial charge in [0.15, 0.2) is 0 Å². The number of anilines is 1. The van der Waals surface area contributed by atoms with E-state index in [4.69, 9.17) is 4.74 Å². The monoisotopic (exact) mass is 340 g/mol. The van der Waals surface area contributed by atoms with E-state index >= 15 is 0 Å². The number of ether oxygens (including phenoxy) is 1. The maximum absolute atomic E-state index is 12.3. The Kier molecular flexibility index (Phi) is 5.95. The molecule has 2 aromatic rings. The molecule has 0 spiro atoms. The largest absolute Gasteiger partial charge is 0.376 e. The summed E-state index contributed by atoms with van der Waals surface area (Å²) >= 11 is 0. The number of hydrogen-bond donors (Lipinski definition) is 1. The van der Waals surface area contributed by atoms with Crippen molar-refractivity contribution in [1.82, 2.24) is 15.3 Å². The van der Waals surface area contributed by atoms with Crippen LogP contribution >= 0.6 is 0 Å². The first-order valence-electron chi connectivity index (χ1n) is 8.77. The minimum absolute atomic E-state index is 0.121. The Hall–Kier alpha value is -2.47. The van der Waals surface area contributed by atoms with Gasteiger partial charge in [-0.25, -0.2) is 9.97 Å². The molecule has 0 radical (unpaired) electrons. The molecule has 1 aromatic carbocycles. The van der Waals surface area contributed by atoms with Gasteiger partial charge in [0, 0.05) is 32.3 Å². The molecule has 2 heterocycles. The van der Waals surface area contributed by atoms with Gasteiger partial charge in [-0.15, -0.1) is 0 Å². The molecule has 3 rings (SSSR count). The Morgan fingerprint density at radius 2 is 2.16 bits per heavy atom. The molecule has 0 bridgehead atoms. The summed E-state index contributed by atoms with van der Waals surface area (Å²) in [6.07, 6.45) is 3.62. The van der Waals surface area contributed by atoms with E-state index in [9.17, 15) is 4.79 Å². The van der Waals surface area contributed by atoms with E-state index in [0.29, 0.717) is 12.2 Å². The molecular formula is C19H24N4O2. The van der Waals surface area contributed by atoms with Gasteiger partial charge in [0.05, 0.1) is 6.10 Å². The van der Waals surface area contributed by atoms with Crippen LogP contribution in [0.4, 0.5) is 5.82 Å². The number of nitrogens with one attached hydrogen (secondary N) is 1. The highest BCUT2D eigenvalue weighted by molar-refractivity contribution is 5.92. The number of aromatic nitrogens is 2. The first-order chi connectivity index (χ1) is 12.3. The van der Waals surface area contributed by atoms with E-state index in [1.165, 1.54) is 11.9 Å². The van der Waals surface area contributed by atoms with Crippen molar-refractivity contribution in [2.75, 3.05) is 24.6 Å². The topological polar surface area (TPSA) is 67.4 Å². The summed E-state index contributed by atoms with van der Waals surface area (Å²) in [5, 5.41) is 2.90. The predicted molar refractivity (Wildman–Crippen MR) is 96.5 cm³/mol. The molecule has 132 valence electrons. The molecule has 1 amide bonds. The van der Waals surface area contributed by atoms with Crippen molar-refractivity contribution >= 4 is 11.7 Å². The Balaban J connectivity index is 1.65. The summed E-state index contributed by atoms with van der Waals surface area (Å²) in [4.78, 5) is 22.9. The van der Waals surface area contributed by atoms with Gasteiger partial charge in [-0.3, -0.25) is 4.79 Å². The average Bonchev–Trinajstić information content (AvgIpc) is 3.19. The smallest absolute Gasteiger partial charge is 0.270 e. The minimum atomic E-state index is -0.185. The van der Waals surface area contributed by atoms with E-state index < -0.39 is 0 Å². The fourth-order valence-electron chi connectivity index (χ4n) is 2.91. The van der Waals surface area contributed by atoms with E-state index in [2.05, 4.69) is 39.2 Å². The molecule has 25 heavy (non-hydrogen) atoms. The Morgan fingerprint density at radius 1 is 1.32 bits per heavy atom. The van der Waals surface area contributed by atoms with Gasteiger partial charge in [0.25, 0.3) is 5.91 Å². The molecule has 1 saturated heterocycles. The number of carbonyl (C=O) groups excluding carboxylic acids is 1. The Labute approximate surface area is 148 Å². The number of nitrogens with zero attached hydrogens (tertiary/aromatic N) is 3. The van der Waals surface area contributed by atoms with Gasteiger partial charge >= 0.3 is 0 Å². The molecule has 1 unspecified atom stereocenters. The number of carbonyl (C=O) groups is 1. The number of benzene rings is 1. The first kappa shape index (κ1) is 17.4. The third-order valence-electron chi connectivity index (χ3n) is 4.32. The third kappa shape index (κ3) is 4.76. The first-order valence-corrected chi connectivity index (χ1v) is 8.77. The second kappa shape index (κ2) is 8.58. The quantitative estimate of drug-likeness (QED) is 0.838. The van der Waals surface area contributed by atoms with Gasteiger partial charge in [-0.05, 0) is 25.3 Å². The molecule has 1 aliphatic heterocycles. The van der Waals surface area contributed by atoms with Crippen LogP contribution in [0.5, 0.6) is 0 Å². The zero-order chi connectivity index (χ0) is 17.5. The van der Waals surface area contributed by atoms with Crippen LogP contribution < -0.4 is 10.2 Å². The van der Waals surface area contributed by atoms with Crippen LogP contribution in [0.3, 0.4) is 0 Å². The lowest BCUT2D eigenvalue weighted by Gasteiger charge is -2.22. The maximum Gasteiger partial charge on any atom is 0.270 e. The van der Waals surface area contributed by atoms with Crippen LogP contribution in [0.2, 0.25) is 0 Å². The van der Waals surface area contributed by atoms with Crippen molar-refractivity contribution in [2.24, 2.45) is 0 Å². The summed E-state index contributed by atoms with van der Waals surface area (Å²) < 4.78 is 5.53. The van der Waals surface area contributed by atoms with Crippen molar-refractivity contribution in [2.45, 2.75) is 32.4 Å². The van der Waals surface area contributed by atoms with Crippen molar-refractivity contribution in [1.29, 1.82) is 0 Å². The fraction of sp³-hybridized carbons (Fsp3) is 0.421. The lowest BCUT2D eigenvalue weighted by molar-refractivity contribution is 0.0853. The molecular weight excluding hydrogens is 316 g/mol. The third-order valence-corrected chi connectivity index (χ3v) is 4.32. The highest BCUT2D eigenvalue weighted by Gasteiger charge is 2.18. The highest BCUT2D eigenvalue weighted by atomic mass is 16.5. The van der Waals surface area contributed by atoms with Crippen LogP contribution in [0.15, 0.2) is 42.7 Å². The van der Waals surface area contributed by atoms with Crippen molar-refractivity contribution in [3.63, 3.8) is 0 Å². The van der Waals surface area contributed by atoms with Crippen molar-refractivity contribution < 1.29 is 9.53 Å². The van der Waals surface area contributed by atoms with Gasteiger partial charge in [-0.2, -0.15) is 0 Å². The number of rotatable bonds is 7. The van der Waals surface area contributed by atoms with Crippen LogP contribution in [-0.4, -0.2) is 41.7 Å². The zero-order valence-corrected chi connectivity index (χ0v) is 14.5. The summed E-state index contributed by atoms with van der Waals surface area (Å²) in [5.41, 5.74) is 1.59. The van der Waals surface area contributed by atoms with E-state index in [-0.39, 0.29) is 12.0 Å². The van der Waals surface area contributed by atoms with Gasteiger partial charge in [0.1, 0.15) is 17.8 Å². The van der Waals surface area contributed by atoms with Crippen molar-refractivity contribution in [3.8, 4) is 0 Å². The van der Waals surface area contributed by atoms with E-state index in [0.717, 1.165) is 38.4 Å². The second-order valence-electron chi connectivity index (χ2n) is 6.11. The molecule has 1 aromatic heterocycles. The normalized spacial score (nSPS) is 16.6. The fourth-order valence-corrected chi connectivity index (χ4v) is 2.91. The highest BCUT2D eigenvalue weighted by Crippen LogP contribution is 2.15. The molecule has 6 heteroatoms. The molecule has 0 aliphatic carbocycles. The number of hydrogen-bond acceptors (Lipinski definition) is 5. The van der Waals surface area contributed by atoms with Crippen molar-refractivity contribution in [3.05, 3.63) is 54.0 Å². The summed E-state index contributed by atoms with van der Waals surface area (Å²) in [6, 6.07) is 12.0. The molecule has 1 N–H and O–H groups in total. The van der Waals surface area contributed by atoms with Gasteiger partial charge < -0.3 is 15.0 Å². The molecule has 1 atom stereocenters. The lowest BCUT2D eigenvalue weighted by Crippen LogP contribution is -2.32. The lowest BCUT2D eigenvalue weighted by atomic mass is 10.2. The summed E-state index contributed by atoms with van der Waals surface area (Å²) in [7, 11) is 0. The minimum Gasteiger partial charge on any atom is -0.376 e. The van der Waals surface area contributed by atoms with E-state index in [1.54, 1.807) is 6.07 Å². The summed E-state index contributed by atoms with van der Waals surface area (Å²) in [6.45, 7) is 4.92. The van der Waals surface area contributed by atoms with Crippen LogP contribution in [-0.2, 0) is 11.3 Å². The van der Waals surface area contributed by atoms with Gasteiger partial charge in [-0.1, -0.05) is 30.3 Å². The maximum atomic E-state index is 12.3. The molecule has 6 nitrogen and oxygen atoms in total. The van der Waals surface area contributed by atoms with Gasteiger partial charge in [0.2, 0.25) is 0 Å². The van der Waals surface area contributed by atoms with Crippen LogP contribution in [0.1, 0.15) is 35.8 Å². The zero-order valence-electron chi connectivity index (χ0n) is 14.5. The average molecular weight is 340 g/mol. The second-order valence-corrected chi connectivity index (χ2v) is 6.11. The molecule has 1 aliphatic rings. The standard InChI is InChI=1S/C19H24N4O2/c1-2-23(13-15-7-4-3-5-8-15)18-11-17(21-14-22-18)19(24)20-12-16-9-6-10-25-16/h3-5,7-8,11,14,16H,2,6,9-10,12-13H2,1H3,(H,20,24). The van der Waals surface area contributed by atoms with E-state index in [1.807, 2.05) is 18.2 Å². The van der Waals surface area contributed by atoms with Crippen LogP contribution in [0.25, 0.3) is 0 Å². The Morgan fingerprint density at radius 3 is 2.88 bits per heavy atom.